The molecule has 68 valence electrons. The van der Waals surface area contributed by atoms with Gasteiger partial charge < -0.3 is 4.90 Å². The predicted molar refractivity (Wildman–Crippen MR) is 52.7 cm³/mol. The van der Waals surface area contributed by atoms with Gasteiger partial charge in [0.15, 0.2) is 0 Å². The number of anilines is 1. The molecule has 1 aliphatic heterocycles. The van der Waals surface area contributed by atoms with E-state index >= 15 is 0 Å². The first-order valence-corrected chi connectivity index (χ1v) is 4.55. The summed E-state index contributed by atoms with van der Waals surface area (Å²) in [4.78, 5) is 10.7. The quantitative estimate of drug-likeness (QED) is 0.606. The zero-order valence-corrected chi connectivity index (χ0v) is 7.77. The van der Waals surface area contributed by atoms with E-state index in [0.29, 0.717) is 0 Å². The molecule has 0 radical (unpaired) electrons. The van der Waals surface area contributed by atoms with Crippen molar-refractivity contribution >= 4 is 5.95 Å². The highest BCUT2D eigenvalue weighted by atomic mass is 15.2. The van der Waals surface area contributed by atoms with Crippen LogP contribution in [0.3, 0.4) is 0 Å². The fraction of sp³-hybridized carbons (Fsp3) is 0.400. The van der Waals surface area contributed by atoms with E-state index in [9.17, 15) is 0 Å². The van der Waals surface area contributed by atoms with Gasteiger partial charge in [-0.15, -0.1) is 0 Å². The van der Waals surface area contributed by atoms with Crippen molar-refractivity contribution in [3.8, 4) is 0 Å². The summed E-state index contributed by atoms with van der Waals surface area (Å²) in [5, 5.41) is 0. The molecule has 0 N–H and O–H groups in total. The summed E-state index contributed by atoms with van der Waals surface area (Å²) in [6.07, 6.45) is 9.18. The van der Waals surface area contributed by atoms with Crippen LogP contribution in [0.2, 0.25) is 0 Å². The molecule has 0 atom stereocenters. The summed E-state index contributed by atoms with van der Waals surface area (Å²) in [5.74, 6) is 0.843. The van der Waals surface area contributed by atoms with Crippen molar-refractivity contribution in [2.24, 2.45) is 0 Å². The topological polar surface area (TPSA) is 29.0 Å². The minimum atomic E-state index is 0.843. The second-order valence-corrected chi connectivity index (χ2v) is 3.27. The Labute approximate surface area is 78.1 Å². The van der Waals surface area contributed by atoms with Crippen molar-refractivity contribution in [3.05, 3.63) is 30.1 Å². The summed E-state index contributed by atoms with van der Waals surface area (Å²) in [5.41, 5.74) is 1.11. The Hall–Kier alpha value is -1.38. The lowest BCUT2D eigenvalue weighted by molar-refractivity contribution is 0.785. The maximum atomic E-state index is 4.28. The molecule has 0 aromatic carbocycles. The Morgan fingerprint density at radius 3 is 2.62 bits per heavy atom. The Kier molecular flexibility index (Phi) is 2.25. The molecule has 1 aromatic rings. The highest BCUT2D eigenvalue weighted by Gasteiger charge is 2.08. The maximum Gasteiger partial charge on any atom is 0.225 e. The normalized spacial score (nSPS) is 16.2. The summed E-state index contributed by atoms with van der Waals surface area (Å²) in [6, 6.07) is 0. The van der Waals surface area contributed by atoms with Crippen molar-refractivity contribution in [2.45, 2.75) is 13.3 Å². The van der Waals surface area contributed by atoms with Gasteiger partial charge in [-0.05, 0) is 18.9 Å². The Morgan fingerprint density at radius 2 is 2.00 bits per heavy atom. The van der Waals surface area contributed by atoms with Crippen molar-refractivity contribution < 1.29 is 0 Å². The van der Waals surface area contributed by atoms with Crippen LogP contribution in [0.1, 0.15) is 12.0 Å². The van der Waals surface area contributed by atoms with Gasteiger partial charge in [0.2, 0.25) is 5.95 Å². The lowest BCUT2D eigenvalue weighted by Crippen LogP contribution is -2.28. The van der Waals surface area contributed by atoms with E-state index in [2.05, 4.69) is 27.0 Å². The molecule has 0 spiro atoms. The van der Waals surface area contributed by atoms with Crippen LogP contribution < -0.4 is 4.90 Å². The third-order valence-electron chi connectivity index (χ3n) is 2.11. The zero-order valence-electron chi connectivity index (χ0n) is 7.77. The highest BCUT2D eigenvalue weighted by molar-refractivity contribution is 5.32. The van der Waals surface area contributed by atoms with E-state index in [4.69, 9.17) is 0 Å². The van der Waals surface area contributed by atoms with Crippen LogP contribution in [-0.4, -0.2) is 23.1 Å². The molecule has 3 nitrogen and oxygen atoms in total. The second-order valence-electron chi connectivity index (χ2n) is 3.27. The standard InChI is InChI=1S/C10H13N3/c1-9-7-11-10(12-8-9)13-5-3-2-4-6-13/h2-3,7-8H,4-6H2,1H3. The Bertz CT molecular complexity index is 302. The molecule has 0 fully saturated rings. The van der Waals surface area contributed by atoms with Crippen LogP contribution in [0, 0.1) is 6.92 Å². The SMILES string of the molecule is Cc1cnc(N2CC=CCC2)nc1. The first kappa shape index (κ1) is 8.23. The van der Waals surface area contributed by atoms with Crippen molar-refractivity contribution in [2.75, 3.05) is 18.0 Å². The third kappa shape index (κ3) is 1.86. The molecule has 3 heteroatoms. The number of hydrogen-bond acceptors (Lipinski definition) is 3. The van der Waals surface area contributed by atoms with Crippen molar-refractivity contribution in [3.63, 3.8) is 0 Å². The number of nitrogens with zero attached hydrogens (tertiary/aromatic N) is 3. The summed E-state index contributed by atoms with van der Waals surface area (Å²) < 4.78 is 0. The number of rotatable bonds is 1. The monoisotopic (exact) mass is 175 g/mol. The van der Waals surface area contributed by atoms with Gasteiger partial charge in [0.1, 0.15) is 0 Å². The molecule has 0 aliphatic carbocycles. The molecule has 0 amide bonds. The van der Waals surface area contributed by atoms with Crippen LogP contribution in [0.5, 0.6) is 0 Å². The van der Waals surface area contributed by atoms with E-state index in [1.165, 1.54) is 0 Å². The fourth-order valence-electron chi connectivity index (χ4n) is 1.37. The van der Waals surface area contributed by atoms with E-state index in [1.807, 2.05) is 19.3 Å². The summed E-state index contributed by atoms with van der Waals surface area (Å²) in [6.45, 7) is 3.96. The Balaban J connectivity index is 2.15. The summed E-state index contributed by atoms with van der Waals surface area (Å²) >= 11 is 0. The molecular weight excluding hydrogens is 162 g/mol. The van der Waals surface area contributed by atoms with Gasteiger partial charge in [-0.25, -0.2) is 9.97 Å². The largest absolute Gasteiger partial charge is 0.337 e. The van der Waals surface area contributed by atoms with Crippen LogP contribution in [0.25, 0.3) is 0 Å². The fourth-order valence-corrected chi connectivity index (χ4v) is 1.37. The van der Waals surface area contributed by atoms with Crippen LogP contribution in [0.15, 0.2) is 24.5 Å². The van der Waals surface area contributed by atoms with Gasteiger partial charge in [0.05, 0.1) is 0 Å². The van der Waals surface area contributed by atoms with E-state index < -0.39 is 0 Å². The number of aromatic nitrogens is 2. The molecule has 0 unspecified atom stereocenters. The predicted octanol–water partition coefficient (Wildman–Crippen LogP) is 1.55. The highest BCUT2D eigenvalue weighted by Crippen LogP contribution is 2.10. The molecule has 1 aliphatic rings. The molecule has 2 heterocycles. The molecule has 0 saturated heterocycles. The first-order chi connectivity index (χ1) is 6.36. The minimum Gasteiger partial charge on any atom is -0.337 e. The van der Waals surface area contributed by atoms with Gasteiger partial charge in [0.25, 0.3) is 0 Å². The first-order valence-electron chi connectivity index (χ1n) is 4.55. The van der Waals surface area contributed by atoms with E-state index in [1.54, 1.807) is 0 Å². The lowest BCUT2D eigenvalue weighted by Gasteiger charge is -2.22. The van der Waals surface area contributed by atoms with Crippen LogP contribution in [-0.2, 0) is 0 Å². The van der Waals surface area contributed by atoms with E-state index in [0.717, 1.165) is 31.0 Å². The van der Waals surface area contributed by atoms with Gasteiger partial charge in [-0.2, -0.15) is 0 Å². The number of hydrogen-bond donors (Lipinski definition) is 0. The van der Waals surface area contributed by atoms with Crippen LogP contribution in [0.4, 0.5) is 5.95 Å². The van der Waals surface area contributed by atoms with Crippen molar-refractivity contribution in [1.29, 1.82) is 0 Å². The van der Waals surface area contributed by atoms with Gasteiger partial charge >= 0.3 is 0 Å². The number of aryl methyl sites for hydroxylation is 1. The third-order valence-corrected chi connectivity index (χ3v) is 2.11. The van der Waals surface area contributed by atoms with Crippen molar-refractivity contribution in [1.82, 2.24) is 9.97 Å². The second kappa shape index (κ2) is 3.56. The van der Waals surface area contributed by atoms with Gasteiger partial charge in [-0.3, -0.25) is 0 Å². The maximum absolute atomic E-state index is 4.28. The van der Waals surface area contributed by atoms with Crippen LogP contribution >= 0.6 is 0 Å². The summed E-state index contributed by atoms with van der Waals surface area (Å²) in [7, 11) is 0. The molecule has 2 rings (SSSR count). The van der Waals surface area contributed by atoms with Gasteiger partial charge in [-0.1, -0.05) is 12.2 Å². The lowest BCUT2D eigenvalue weighted by atomic mass is 10.2. The smallest absolute Gasteiger partial charge is 0.225 e. The average Bonchev–Trinajstić information content (AvgIpc) is 2.20. The Morgan fingerprint density at radius 1 is 1.23 bits per heavy atom. The molecule has 0 bridgehead atoms. The average molecular weight is 175 g/mol. The molecular formula is C10H13N3. The zero-order chi connectivity index (χ0) is 9.10. The molecule has 0 saturated carbocycles. The molecule has 13 heavy (non-hydrogen) atoms. The molecule has 1 aromatic heterocycles. The minimum absolute atomic E-state index is 0.843. The van der Waals surface area contributed by atoms with Gasteiger partial charge in [0, 0.05) is 25.5 Å². The van der Waals surface area contributed by atoms with E-state index in [-0.39, 0.29) is 0 Å².